The van der Waals surface area contributed by atoms with E-state index in [4.69, 9.17) is 24.7 Å². The number of nitrogens with zero attached hydrogens (tertiary/aromatic N) is 3. The van der Waals surface area contributed by atoms with Crippen LogP contribution in [0.3, 0.4) is 0 Å². The molecule has 6 rings (SSSR count). The summed E-state index contributed by atoms with van der Waals surface area (Å²) in [5, 5.41) is 0.759. The normalized spacial score (nSPS) is 16.0. The van der Waals surface area contributed by atoms with Crippen LogP contribution in [0.5, 0.6) is 23.0 Å². The van der Waals surface area contributed by atoms with E-state index in [9.17, 15) is 9.59 Å². The number of aromatic nitrogens is 1. The van der Waals surface area contributed by atoms with Crippen molar-refractivity contribution in [2.75, 3.05) is 45.4 Å². The molecular formula is C33H34N4O6. The minimum absolute atomic E-state index is 0.315. The Hall–Kier alpha value is -4.67. The largest absolute Gasteiger partial charge is 0.493 e. The van der Waals surface area contributed by atoms with E-state index in [2.05, 4.69) is 9.88 Å². The second-order valence-corrected chi connectivity index (χ2v) is 10.7. The first-order valence-corrected chi connectivity index (χ1v) is 14.2. The first-order valence-electron chi connectivity index (χ1n) is 14.2. The van der Waals surface area contributed by atoms with E-state index in [1.54, 1.807) is 49.6 Å². The number of morpholine rings is 1. The van der Waals surface area contributed by atoms with Gasteiger partial charge in [-0.05, 0) is 60.9 Å². The summed E-state index contributed by atoms with van der Waals surface area (Å²) in [6.45, 7) is 3.61. The van der Waals surface area contributed by atoms with Crippen molar-refractivity contribution in [1.29, 1.82) is 0 Å². The number of nitrogens with two attached hydrogens (primary N) is 1. The molecule has 1 aliphatic heterocycles. The lowest BCUT2D eigenvalue weighted by Crippen LogP contribution is -2.42. The molecule has 2 aliphatic rings. The topological polar surface area (TPSA) is 116 Å². The molecule has 2 N–H and O–H groups in total. The molecule has 1 saturated heterocycles. The highest BCUT2D eigenvalue weighted by Crippen LogP contribution is 2.49. The molecule has 1 aliphatic carbocycles. The minimum atomic E-state index is -1.20. The van der Waals surface area contributed by atoms with Crippen LogP contribution in [0.1, 0.15) is 18.4 Å². The van der Waals surface area contributed by atoms with Gasteiger partial charge in [0, 0.05) is 43.0 Å². The van der Waals surface area contributed by atoms with Gasteiger partial charge in [0.1, 0.15) is 16.9 Å². The van der Waals surface area contributed by atoms with Crippen molar-refractivity contribution in [1.82, 2.24) is 9.88 Å². The number of benzene rings is 3. The van der Waals surface area contributed by atoms with Crippen LogP contribution in [-0.2, 0) is 20.9 Å². The van der Waals surface area contributed by atoms with Gasteiger partial charge in [-0.3, -0.25) is 24.4 Å². The molecule has 1 aromatic heterocycles. The highest BCUT2D eigenvalue weighted by molar-refractivity contribution is 6.16. The highest BCUT2D eigenvalue weighted by Gasteiger charge is 2.57. The van der Waals surface area contributed by atoms with Crippen LogP contribution in [0.4, 0.5) is 11.4 Å². The number of fused-ring (bicyclic) bond motifs is 1. The summed E-state index contributed by atoms with van der Waals surface area (Å²) < 4.78 is 22.7. The van der Waals surface area contributed by atoms with Crippen LogP contribution < -0.4 is 24.8 Å². The van der Waals surface area contributed by atoms with Gasteiger partial charge in [-0.25, -0.2) is 0 Å². The van der Waals surface area contributed by atoms with Gasteiger partial charge in [-0.1, -0.05) is 18.2 Å². The van der Waals surface area contributed by atoms with Gasteiger partial charge in [0.2, 0.25) is 11.8 Å². The predicted molar refractivity (Wildman–Crippen MR) is 162 cm³/mol. The van der Waals surface area contributed by atoms with Crippen LogP contribution in [0.25, 0.3) is 10.9 Å². The Morgan fingerprint density at radius 1 is 0.953 bits per heavy atom. The third-order valence-electron chi connectivity index (χ3n) is 8.09. The number of rotatable bonds is 10. The van der Waals surface area contributed by atoms with Crippen LogP contribution in [0, 0.1) is 5.41 Å². The zero-order valence-corrected chi connectivity index (χ0v) is 24.2. The lowest BCUT2D eigenvalue weighted by Gasteiger charge is -2.31. The summed E-state index contributed by atoms with van der Waals surface area (Å²) in [7, 11) is 3.16. The maximum Gasteiger partial charge on any atom is 0.247 e. The van der Waals surface area contributed by atoms with Gasteiger partial charge < -0.3 is 24.7 Å². The first kappa shape index (κ1) is 28.4. The smallest absolute Gasteiger partial charge is 0.247 e. The molecule has 2 heterocycles. The van der Waals surface area contributed by atoms with Gasteiger partial charge in [0.05, 0.1) is 38.6 Å². The van der Waals surface area contributed by atoms with Crippen molar-refractivity contribution in [2.24, 2.45) is 11.1 Å². The van der Waals surface area contributed by atoms with E-state index in [-0.39, 0.29) is 5.91 Å². The van der Waals surface area contributed by atoms with Crippen molar-refractivity contribution in [3.05, 3.63) is 78.5 Å². The van der Waals surface area contributed by atoms with Gasteiger partial charge in [-0.15, -0.1) is 0 Å². The molecule has 0 radical (unpaired) electrons. The molecule has 3 aromatic carbocycles. The summed E-state index contributed by atoms with van der Waals surface area (Å²) >= 11 is 0. The van der Waals surface area contributed by atoms with Crippen molar-refractivity contribution in [3.63, 3.8) is 0 Å². The number of carbonyl (C=O) groups is 2. The second kappa shape index (κ2) is 11.9. The third kappa shape index (κ3) is 5.59. The van der Waals surface area contributed by atoms with Gasteiger partial charge in [0.25, 0.3) is 0 Å². The molecule has 0 spiro atoms. The van der Waals surface area contributed by atoms with Crippen LogP contribution in [0.2, 0.25) is 0 Å². The summed E-state index contributed by atoms with van der Waals surface area (Å²) in [5.74, 6) is 1.39. The molecular weight excluding hydrogens is 548 g/mol. The fourth-order valence-corrected chi connectivity index (χ4v) is 5.46. The van der Waals surface area contributed by atoms with E-state index in [0.29, 0.717) is 66.8 Å². The molecule has 2 fully saturated rings. The number of hydrogen-bond acceptors (Lipinski definition) is 8. The molecule has 10 nitrogen and oxygen atoms in total. The maximum absolute atomic E-state index is 14.1. The number of anilines is 2. The Morgan fingerprint density at radius 2 is 1.65 bits per heavy atom. The lowest BCUT2D eigenvalue weighted by atomic mass is 10.0. The van der Waals surface area contributed by atoms with E-state index in [1.807, 2.05) is 42.5 Å². The highest BCUT2D eigenvalue weighted by atomic mass is 16.5. The average Bonchev–Trinajstić information content (AvgIpc) is 3.85. The summed E-state index contributed by atoms with van der Waals surface area (Å²) in [6, 6.07) is 20.5. The zero-order valence-electron chi connectivity index (χ0n) is 24.2. The molecule has 10 heteroatoms. The van der Waals surface area contributed by atoms with Gasteiger partial charge in [0.15, 0.2) is 11.5 Å². The molecule has 0 atom stereocenters. The van der Waals surface area contributed by atoms with E-state index in [1.165, 1.54) is 0 Å². The Bertz CT molecular complexity index is 1650. The number of hydrogen-bond donors (Lipinski definition) is 1. The number of pyridine rings is 1. The fraction of sp³-hybridized carbons (Fsp3) is 0.303. The molecule has 2 amide bonds. The number of primary amides is 1. The third-order valence-corrected chi connectivity index (χ3v) is 8.09. The Balaban J connectivity index is 1.34. The number of ether oxygens (including phenoxy) is 4. The SMILES string of the molecule is COc1cc2nccc(Oc3ccc(N(C(=O)C4(C(N)=O)CC4)c4ccccc4CN4CCOCC4)cc3)c2cc1OC. The maximum atomic E-state index is 14.1. The van der Waals surface area contributed by atoms with E-state index < -0.39 is 11.3 Å². The van der Waals surface area contributed by atoms with E-state index >= 15 is 0 Å². The first-order chi connectivity index (χ1) is 20.9. The molecule has 0 unspecified atom stereocenters. The van der Waals surface area contributed by atoms with Crippen LogP contribution in [0.15, 0.2) is 72.9 Å². The van der Waals surface area contributed by atoms with Crippen molar-refractivity contribution in [2.45, 2.75) is 19.4 Å². The lowest BCUT2D eigenvalue weighted by molar-refractivity contribution is -0.133. The average molecular weight is 583 g/mol. The quantitative estimate of drug-likeness (QED) is 0.265. The van der Waals surface area contributed by atoms with Gasteiger partial charge >= 0.3 is 0 Å². The second-order valence-electron chi connectivity index (χ2n) is 10.7. The van der Waals surface area contributed by atoms with E-state index in [0.717, 1.165) is 29.7 Å². The number of methoxy groups -OCH3 is 2. The molecule has 1 saturated carbocycles. The van der Waals surface area contributed by atoms with Crippen molar-refractivity contribution < 1.29 is 28.5 Å². The monoisotopic (exact) mass is 582 g/mol. The number of carbonyl (C=O) groups excluding carboxylic acids is 2. The molecule has 0 bridgehead atoms. The summed E-state index contributed by atoms with van der Waals surface area (Å²) in [6.07, 6.45) is 2.55. The Morgan fingerprint density at radius 3 is 2.33 bits per heavy atom. The molecule has 43 heavy (non-hydrogen) atoms. The summed E-state index contributed by atoms with van der Waals surface area (Å²) in [4.78, 5) is 34.9. The predicted octanol–water partition coefficient (Wildman–Crippen LogP) is 4.81. The van der Waals surface area contributed by atoms with Crippen LogP contribution >= 0.6 is 0 Å². The van der Waals surface area contributed by atoms with Crippen molar-refractivity contribution >= 4 is 34.1 Å². The Labute approximate surface area is 249 Å². The van der Waals surface area contributed by atoms with Crippen molar-refractivity contribution in [3.8, 4) is 23.0 Å². The number of amides is 2. The fourth-order valence-electron chi connectivity index (χ4n) is 5.46. The summed E-state index contributed by atoms with van der Waals surface area (Å²) in [5.41, 5.74) is 7.58. The van der Waals surface area contributed by atoms with Crippen LogP contribution in [-0.4, -0.2) is 62.2 Å². The molecule has 4 aromatic rings. The zero-order chi connectivity index (χ0) is 30.0. The Kier molecular flexibility index (Phi) is 7.88. The van der Waals surface area contributed by atoms with Gasteiger partial charge in [-0.2, -0.15) is 0 Å². The number of para-hydroxylation sites is 1. The minimum Gasteiger partial charge on any atom is -0.493 e. The molecule has 222 valence electrons. The standard InChI is InChI=1S/C33H34N4O6/c1-40-29-19-25-26(20-30(29)41-2)35-14-11-28(25)43-24-9-7-23(8-10-24)37(32(39)33(12-13-33)31(34)38)27-6-4-3-5-22(27)21-36-15-17-42-18-16-36/h3-11,14,19-20H,12-13,15-18,21H2,1-2H3,(H2,34,38).